The number of benzene rings is 1. The van der Waals surface area contributed by atoms with Crippen molar-refractivity contribution in [3.8, 4) is 11.3 Å². The monoisotopic (exact) mass is 321 g/mol. The first-order valence-corrected chi connectivity index (χ1v) is 7.78. The van der Waals surface area contributed by atoms with Gasteiger partial charge >= 0.3 is 5.97 Å². The molecule has 0 fully saturated rings. The highest BCUT2D eigenvalue weighted by molar-refractivity contribution is 5.96. The average molecular weight is 321 g/mol. The number of fused-ring (bicyclic) bond motifs is 1. The van der Waals surface area contributed by atoms with Gasteiger partial charge in [-0.05, 0) is 50.2 Å². The van der Waals surface area contributed by atoms with Crippen molar-refractivity contribution >= 4 is 22.6 Å². The van der Waals surface area contributed by atoms with Crippen LogP contribution in [0.15, 0.2) is 48.8 Å². The summed E-state index contributed by atoms with van der Waals surface area (Å²) in [5, 5.41) is 10.0. The highest BCUT2D eigenvalue weighted by Gasteiger charge is 2.16. The van der Waals surface area contributed by atoms with Crippen LogP contribution in [0.4, 0.5) is 5.69 Å². The van der Waals surface area contributed by atoms with E-state index in [1.54, 1.807) is 30.6 Å². The molecule has 2 aromatic heterocycles. The Morgan fingerprint density at radius 2 is 1.83 bits per heavy atom. The number of pyridine rings is 2. The number of hydrogen-bond acceptors (Lipinski definition) is 4. The summed E-state index contributed by atoms with van der Waals surface area (Å²) in [5.74, 6) is -0.936. The van der Waals surface area contributed by atoms with E-state index in [2.05, 4.69) is 23.7 Å². The van der Waals surface area contributed by atoms with Gasteiger partial charge in [-0.1, -0.05) is 0 Å². The van der Waals surface area contributed by atoms with Crippen LogP contribution >= 0.6 is 0 Å². The molecule has 0 radical (unpaired) electrons. The van der Waals surface area contributed by atoms with Crippen LogP contribution in [0.3, 0.4) is 0 Å². The highest BCUT2D eigenvalue weighted by Crippen LogP contribution is 2.32. The summed E-state index contributed by atoms with van der Waals surface area (Å²) < 4.78 is 0. The Labute approximate surface area is 140 Å². The molecule has 122 valence electrons. The van der Waals surface area contributed by atoms with Gasteiger partial charge in [0.05, 0.1) is 22.5 Å². The normalized spacial score (nSPS) is 11.0. The number of aromatic nitrogens is 2. The molecule has 5 nitrogen and oxygen atoms in total. The molecule has 1 aromatic carbocycles. The molecule has 0 spiro atoms. The molecular formula is C19H19N3O2. The molecule has 2 heterocycles. The van der Waals surface area contributed by atoms with E-state index in [0.717, 1.165) is 27.8 Å². The van der Waals surface area contributed by atoms with Crippen LogP contribution < -0.4 is 4.90 Å². The molecular weight excluding hydrogens is 302 g/mol. The molecule has 3 aromatic rings. The predicted molar refractivity (Wildman–Crippen MR) is 95.5 cm³/mol. The maximum absolute atomic E-state index is 11.2. The van der Waals surface area contributed by atoms with Crippen LogP contribution in [0.1, 0.15) is 24.2 Å². The summed E-state index contributed by atoms with van der Waals surface area (Å²) in [7, 11) is 2.01. The molecule has 0 aliphatic carbocycles. The Morgan fingerprint density at radius 1 is 1.12 bits per heavy atom. The van der Waals surface area contributed by atoms with Gasteiger partial charge in [0.25, 0.3) is 0 Å². The number of carbonyl (C=O) groups is 1. The first kappa shape index (κ1) is 15.9. The van der Waals surface area contributed by atoms with Crippen molar-refractivity contribution in [1.29, 1.82) is 0 Å². The molecule has 0 unspecified atom stereocenters. The summed E-state index contributed by atoms with van der Waals surface area (Å²) in [6.45, 7) is 4.21. The Bertz CT molecular complexity index is 892. The van der Waals surface area contributed by atoms with Gasteiger partial charge in [-0.25, -0.2) is 9.78 Å². The zero-order valence-corrected chi connectivity index (χ0v) is 13.9. The summed E-state index contributed by atoms with van der Waals surface area (Å²) in [6.07, 6.45) is 3.49. The predicted octanol–water partition coefficient (Wildman–Crippen LogP) is 3.84. The van der Waals surface area contributed by atoms with E-state index in [1.807, 2.05) is 25.2 Å². The zero-order valence-electron chi connectivity index (χ0n) is 13.9. The van der Waals surface area contributed by atoms with E-state index >= 15 is 0 Å². The second-order valence-corrected chi connectivity index (χ2v) is 6.01. The number of anilines is 1. The molecule has 0 atom stereocenters. The van der Waals surface area contributed by atoms with Crippen molar-refractivity contribution in [2.45, 2.75) is 19.9 Å². The standard InChI is InChI=1S/C19H19N3O2/c1-12(2)22(3)17-11-15-10-14(19(23)24)4-5-16(15)21-18(17)13-6-8-20-9-7-13/h4-12H,1-3H3,(H,23,24). The molecule has 0 saturated heterocycles. The van der Waals surface area contributed by atoms with Gasteiger partial charge in [-0.15, -0.1) is 0 Å². The largest absolute Gasteiger partial charge is 0.478 e. The smallest absolute Gasteiger partial charge is 0.335 e. The third-order valence-electron chi connectivity index (χ3n) is 4.15. The number of aromatic carboxylic acids is 1. The van der Waals surface area contributed by atoms with Crippen molar-refractivity contribution < 1.29 is 9.90 Å². The quantitative estimate of drug-likeness (QED) is 0.791. The lowest BCUT2D eigenvalue weighted by molar-refractivity contribution is 0.0697. The third-order valence-corrected chi connectivity index (χ3v) is 4.15. The summed E-state index contributed by atoms with van der Waals surface area (Å²) >= 11 is 0. The van der Waals surface area contributed by atoms with Crippen LogP contribution in [-0.4, -0.2) is 34.1 Å². The molecule has 0 aliphatic heterocycles. The number of hydrogen-bond donors (Lipinski definition) is 1. The minimum Gasteiger partial charge on any atom is -0.478 e. The maximum Gasteiger partial charge on any atom is 0.335 e. The van der Waals surface area contributed by atoms with Gasteiger partial charge in [0, 0.05) is 36.4 Å². The molecule has 3 rings (SSSR count). The van der Waals surface area contributed by atoms with E-state index < -0.39 is 5.97 Å². The Kier molecular flexibility index (Phi) is 4.16. The van der Waals surface area contributed by atoms with Gasteiger partial charge in [-0.2, -0.15) is 0 Å². The minimum atomic E-state index is -0.936. The van der Waals surface area contributed by atoms with E-state index in [4.69, 9.17) is 4.98 Å². The zero-order chi connectivity index (χ0) is 17.3. The van der Waals surface area contributed by atoms with Gasteiger partial charge in [0.15, 0.2) is 0 Å². The lowest BCUT2D eigenvalue weighted by atomic mass is 10.1. The fourth-order valence-corrected chi connectivity index (χ4v) is 2.57. The van der Waals surface area contributed by atoms with Crippen LogP contribution in [-0.2, 0) is 0 Å². The fourth-order valence-electron chi connectivity index (χ4n) is 2.57. The topological polar surface area (TPSA) is 66.3 Å². The van der Waals surface area contributed by atoms with Crippen molar-refractivity contribution in [2.75, 3.05) is 11.9 Å². The molecule has 0 bridgehead atoms. The van der Waals surface area contributed by atoms with Crippen LogP contribution in [0, 0.1) is 0 Å². The van der Waals surface area contributed by atoms with Crippen molar-refractivity contribution in [3.05, 3.63) is 54.4 Å². The van der Waals surface area contributed by atoms with Crippen LogP contribution in [0.5, 0.6) is 0 Å². The van der Waals surface area contributed by atoms with Crippen molar-refractivity contribution in [3.63, 3.8) is 0 Å². The van der Waals surface area contributed by atoms with Crippen molar-refractivity contribution in [1.82, 2.24) is 9.97 Å². The minimum absolute atomic E-state index is 0.263. The fraction of sp³-hybridized carbons (Fsp3) is 0.211. The van der Waals surface area contributed by atoms with Crippen LogP contribution in [0.2, 0.25) is 0 Å². The number of rotatable bonds is 4. The average Bonchev–Trinajstić information content (AvgIpc) is 2.60. The number of carboxylic acid groups (broad SMARTS) is 1. The number of nitrogens with zero attached hydrogens (tertiary/aromatic N) is 3. The molecule has 24 heavy (non-hydrogen) atoms. The van der Waals surface area contributed by atoms with Gasteiger partial charge in [-0.3, -0.25) is 4.98 Å². The summed E-state index contributed by atoms with van der Waals surface area (Å²) in [5.41, 5.74) is 3.85. The number of carboxylic acids is 1. The van der Waals surface area contributed by atoms with Gasteiger partial charge in [0.2, 0.25) is 0 Å². The highest BCUT2D eigenvalue weighted by atomic mass is 16.4. The van der Waals surface area contributed by atoms with E-state index in [9.17, 15) is 9.90 Å². The molecule has 0 aliphatic rings. The van der Waals surface area contributed by atoms with Crippen LogP contribution in [0.25, 0.3) is 22.2 Å². The van der Waals surface area contributed by atoms with E-state index in [0.29, 0.717) is 0 Å². The van der Waals surface area contributed by atoms with Crippen molar-refractivity contribution in [2.24, 2.45) is 0 Å². The summed E-state index contributed by atoms with van der Waals surface area (Å²) in [4.78, 5) is 22.2. The Hall–Kier alpha value is -2.95. The SMILES string of the molecule is CC(C)N(C)c1cc2cc(C(=O)O)ccc2nc1-c1ccncc1. The van der Waals surface area contributed by atoms with E-state index in [1.165, 1.54) is 0 Å². The molecule has 0 saturated carbocycles. The molecule has 5 heteroatoms. The van der Waals surface area contributed by atoms with Gasteiger partial charge < -0.3 is 10.0 Å². The first-order chi connectivity index (χ1) is 11.5. The second kappa shape index (κ2) is 6.28. The lowest BCUT2D eigenvalue weighted by Gasteiger charge is -2.26. The Balaban J connectivity index is 2.27. The third kappa shape index (κ3) is 2.93. The Morgan fingerprint density at radius 3 is 2.46 bits per heavy atom. The maximum atomic E-state index is 11.2. The molecule has 0 amide bonds. The lowest BCUT2D eigenvalue weighted by Crippen LogP contribution is -2.26. The van der Waals surface area contributed by atoms with Gasteiger partial charge in [0.1, 0.15) is 0 Å². The molecule has 1 N–H and O–H groups in total. The van der Waals surface area contributed by atoms with E-state index in [-0.39, 0.29) is 11.6 Å². The first-order valence-electron chi connectivity index (χ1n) is 7.78. The second-order valence-electron chi connectivity index (χ2n) is 6.01. The summed E-state index contributed by atoms with van der Waals surface area (Å²) in [6, 6.07) is 11.1.